The first kappa shape index (κ1) is 16.5. The third-order valence-electron chi connectivity index (χ3n) is 3.13. The average Bonchev–Trinajstić information content (AvgIpc) is 2.87. The summed E-state index contributed by atoms with van der Waals surface area (Å²) in [6, 6.07) is 9.62. The summed E-state index contributed by atoms with van der Waals surface area (Å²) in [5, 5.41) is 15.9. The Morgan fingerprint density at radius 1 is 1.29 bits per heavy atom. The van der Waals surface area contributed by atoms with E-state index in [4.69, 9.17) is 16.3 Å². The Hall–Kier alpha value is -0.910. The number of halogens is 1. The number of ether oxygens (including phenoxy) is 1. The summed E-state index contributed by atoms with van der Waals surface area (Å²) in [6.45, 7) is 4.21. The molecule has 1 heterocycles. The molecule has 0 saturated carbocycles. The van der Waals surface area contributed by atoms with Gasteiger partial charge in [0.2, 0.25) is 0 Å². The Bertz CT molecular complexity index is 541. The van der Waals surface area contributed by atoms with Gasteiger partial charge in [0.15, 0.2) is 0 Å². The summed E-state index contributed by atoms with van der Waals surface area (Å²) in [4.78, 5) is 1.31. The van der Waals surface area contributed by atoms with Gasteiger partial charge in [0.05, 0.1) is 19.3 Å². The van der Waals surface area contributed by atoms with Crippen LogP contribution in [0.4, 0.5) is 0 Å². The van der Waals surface area contributed by atoms with Crippen LogP contribution in [-0.4, -0.2) is 24.4 Å². The van der Waals surface area contributed by atoms with E-state index in [1.165, 1.54) is 10.4 Å². The zero-order valence-corrected chi connectivity index (χ0v) is 13.6. The number of rotatable bonds is 8. The molecule has 0 fully saturated rings. The van der Waals surface area contributed by atoms with Gasteiger partial charge < -0.3 is 15.2 Å². The molecule has 114 valence electrons. The maximum atomic E-state index is 9.86. The van der Waals surface area contributed by atoms with Crippen LogP contribution in [0.3, 0.4) is 0 Å². The summed E-state index contributed by atoms with van der Waals surface area (Å²) < 4.78 is 5.50. The number of benzene rings is 1. The number of thiophene rings is 1. The molecule has 0 aliphatic rings. The van der Waals surface area contributed by atoms with E-state index in [0.717, 1.165) is 12.1 Å². The van der Waals surface area contributed by atoms with E-state index in [9.17, 15) is 5.11 Å². The van der Waals surface area contributed by atoms with Crippen molar-refractivity contribution >= 4 is 22.9 Å². The SMILES string of the molecule is Cc1ccsc1CNCC(O)COCc1ccc(Cl)cc1. The van der Waals surface area contributed by atoms with Crippen molar-refractivity contribution < 1.29 is 9.84 Å². The molecule has 0 radical (unpaired) electrons. The molecule has 0 amide bonds. The molecule has 0 aliphatic carbocycles. The summed E-state index contributed by atoms with van der Waals surface area (Å²) >= 11 is 7.55. The molecule has 5 heteroatoms. The highest BCUT2D eigenvalue weighted by molar-refractivity contribution is 7.10. The molecule has 0 saturated heterocycles. The smallest absolute Gasteiger partial charge is 0.0897 e. The molecule has 2 N–H and O–H groups in total. The van der Waals surface area contributed by atoms with Gasteiger partial charge in [0.25, 0.3) is 0 Å². The van der Waals surface area contributed by atoms with Crippen molar-refractivity contribution in [3.8, 4) is 0 Å². The fourth-order valence-corrected chi connectivity index (χ4v) is 2.89. The number of aryl methyl sites for hydroxylation is 1. The van der Waals surface area contributed by atoms with Crippen LogP contribution in [0, 0.1) is 6.92 Å². The first-order valence-electron chi connectivity index (χ1n) is 6.89. The summed E-state index contributed by atoms with van der Waals surface area (Å²) in [5.41, 5.74) is 2.34. The highest BCUT2D eigenvalue weighted by Gasteiger charge is 2.05. The molecule has 0 bridgehead atoms. The van der Waals surface area contributed by atoms with Gasteiger partial charge in [-0.1, -0.05) is 23.7 Å². The number of nitrogens with one attached hydrogen (secondary N) is 1. The highest BCUT2D eigenvalue weighted by atomic mass is 35.5. The molecule has 1 aromatic carbocycles. The van der Waals surface area contributed by atoms with Crippen LogP contribution in [0.2, 0.25) is 5.02 Å². The van der Waals surface area contributed by atoms with Crippen molar-refractivity contribution in [2.24, 2.45) is 0 Å². The van der Waals surface area contributed by atoms with Crippen LogP contribution in [0.5, 0.6) is 0 Å². The molecular weight excluding hydrogens is 306 g/mol. The first-order chi connectivity index (χ1) is 10.1. The Morgan fingerprint density at radius 2 is 2.05 bits per heavy atom. The first-order valence-corrected chi connectivity index (χ1v) is 8.15. The Morgan fingerprint density at radius 3 is 2.71 bits per heavy atom. The zero-order valence-electron chi connectivity index (χ0n) is 12.0. The summed E-state index contributed by atoms with van der Waals surface area (Å²) in [6.07, 6.45) is -0.502. The van der Waals surface area contributed by atoms with Gasteiger partial charge >= 0.3 is 0 Å². The van der Waals surface area contributed by atoms with Crippen molar-refractivity contribution in [3.63, 3.8) is 0 Å². The zero-order chi connectivity index (χ0) is 15.1. The molecule has 2 rings (SSSR count). The van der Waals surface area contributed by atoms with E-state index in [1.807, 2.05) is 24.3 Å². The quantitative estimate of drug-likeness (QED) is 0.782. The summed E-state index contributed by atoms with van der Waals surface area (Å²) in [5.74, 6) is 0. The maximum absolute atomic E-state index is 9.86. The van der Waals surface area contributed by atoms with Crippen molar-refractivity contribution in [1.29, 1.82) is 0 Å². The Labute approximate surface area is 134 Å². The molecule has 1 aromatic heterocycles. The van der Waals surface area contributed by atoms with Crippen LogP contribution in [0.15, 0.2) is 35.7 Å². The van der Waals surface area contributed by atoms with Crippen LogP contribution in [0.1, 0.15) is 16.0 Å². The highest BCUT2D eigenvalue weighted by Crippen LogP contribution is 2.14. The van der Waals surface area contributed by atoms with Crippen LogP contribution in [-0.2, 0) is 17.9 Å². The van der Waals surface area contributed by atoms with E-state index in [0.29, 0.717) is 24.8 Å². The molecule has 1 atom stereocenters. The van der Waals surface area contributed by atoms with Gasteiger partial charge in [-0.05, 0) is 41.6 Å². The minimum atomic E-state index is -0.502. The second kappa shape index (κ2) is 8.51. The van der Waals surface area contributed by atoms with E-state index in [1.54, 1.807) is 11.3 Å². The Balaban J connectivity index is 1.60. The van der Waals surface area contributed by atoms with Gasteiger partial charge in [0.1, 0.15) is 0 Å². The normalized spacial score (nSPS) is 12.5. The lowest BCUT2D eigenvalue weighted by molar-refractivity contribution is 0.0287. The minimum absolute atomic E-state index is 0.319. The monoisotopic (exact) mass is 325 g/mol. The molecule has 3 nitrogen and oxygen atoms in total. The fourth-order valence-electron chi connectivity index (χ4n) is 1.89. The fraction of sp³-hybridized carbons (Fsp3) is 0.375. The second-order valence-corrected chi connectivity index (χ2v) is 6.39. The Kier molecular flexibility index (Phi) is 6.67. The molecule has 1 unspecified atom stereocenters. The van der Waals surface area contributed by atoms with E-state index < -0.39 is 6.10 Å². The van der Waals surface area contributed by atoms with Gasteiger partial charge in [-0.2, -0.15) is 0 Å². The predicted molar refractivity (Wildman–Crippen MR) is 87.9 cm³/mol. The molecule has 21 heavy (non-hydrogen) atoms. The molecular formula is C16H20ClNO2S. The number of aliphatic hydroxyl groups excluding tert-OH is 1. The van der Waals surface area contributed by atoms with Crippen molar-refractivity contribution in [2.45, 2.75) is 26.2 Å². The topological polar surface area (TPSA) is 41.5 Å². The van der Waals surface area contributed by atoms with Crippen molar-refractivity contribution in [2.75, 3.05) is 13.2 Å². The molecule has 0 spiro atoms. The van der Waals surface area contributed by atoms with Gasteiger partial charge in [0, 0.05) is 23.0 Å². The van der Waals surface area contributed by atoms with E-state index >= 15 is 0 Å². The molecule has 0 aliphatic heterocycles. The number of hydrogen-bond acceptors (Lipinski definition) is 4. The van der Waals surface area contributed by atoms with Gasteiger partial charge in [-0.3, -0.25) is 0 Å². The lowest BCUT2D eigenvalue weighted by Crippen LogP contribution is -2.30. The van der Waals surface area contributed by atoms with Gasteiger partial charge in [-0.25, -0.2) is 0 Å². The average molecular weight is 326 g/mol. The van der Waals surface area contributed by atoms with E-state index in [2.05, 4.69) is 23.7 Å². The minimum Gasteiger partial charge on any atom is -0.389 e. The van der Waals surface area contributed by atoms with E-state index in [-0.39, 0.29) is 0 Å². The number of hydrogen-bond donors (Lipinski definition) is 2. The second-order valence-electron chi connectivity index (χ2n) is 4.95. The van der Waals surface area contributed by atoms with Crippen molar-refractivity contribution in [1.82, 2.24) is 5.32 Å². The lowest BCUT2D eigenvalue weighted by atomic mass is 10.2. The lowest BCUT2D eigenvalue weighted by Gasteiger charge is -2.12. The third-order valence-corrected chi connectivity index (χ3v) is 4.40. The van der Waals surface area contributed by atoms with Crippen molar-refractivity contribution in [3.05, 3.63) is 56.7 Å². The van der Waals surface area contributed by atoms with Crippen LogP contribution in [0.25, 0.3) is 0 Å². The summed E-state index contributed by atoms with van der Waals surface area (Å²) in [7, 11) is 0. The largest absolute Gasteiger partial charge is 0.389 e. The third kappa shape index (κ3) is 5.77. The van der Waals surface area contributed by atoms with Crippen LogP contribution >= 0.6 is 22.9 Å². The maximum Gasteiger partial charge on any atom is 0.0897 e. The number of aliphatic hydroxyl groups is 1. The van der Waals surface area contributed by atoms with Crippen LogP contribution < -0.4 is 5.32 Å². The predicted octanol–water partition coefficient (Wildman–Crippen LogP) is 3.38. The standard InChI is InChI=1S/C16H20ClNO2S/c1-12-6-7-21-16(12)9-18-8-15(19)11-20-10-13-2-4-14(17)5-3-13/h2-7,15,18-19H,8-11H2,1H3. The van der Waals surface area contributed by atoms with Gasteiger partial charge in [-0.15, -0.1) is 11.3 Å². The molecule has 2 aromatic rings.